The van der Waals surface area contributed by atoms with Crippen LogP contribution in [0.3, 0.4) is 0 Å². The fourth-order valence-corrected chi connectivity index (χ4v) is 2.65. The van der Waals surface area contributed by atoms with Crippen LogP contribution in [0.5, 0.6) is 5.75 Å². The lowest BCUT2D eigenvalue weighted by Gasteiger charge is -2.36. The summed E-state index contributed by atoms with van der Waals surface area (Å²) in [5, 5.41) is 0. The number of ketones is 1. The number of nitrogens with zero attached hydrogens (tertiary/aromatic N) is 2. The fraction of sp³-hybridized carbons (Fsp3) is 0.562. The molecule has 0 amide bonds. The number of hydrogen-bond donors (Lipinski definition) is 0. The molecule has 1 fully saturated rings. The van der Waals surface area contributed by atoms with E-state index in [-0.39, 0.29) is 0 Å². The molecule has 0 saturated carbocycles. The maximum Gasteiger partial charge on any atom is 0.146 e. The predicted molar refractivity (Wildman–Crippen MR) is 81.6 cm³/mol. The van der Waals surface area contributed by atoms with Crippen LogP contribution in [0.2, 0.25) is 0 Å². The lowest BCUT2D eigenvalue weighted by molar-refractivity contribution is -0.120. The number of ether oxygens (including phenoxy) is 1. The van der Waals surface area contributed by atoms with E-state index in [1.807, 2.05) is 18.2 Å². The Hall–Kier alpha value is -1.55. The van der Waals surface area contributed by atoms with Crippen LogP contribution < -0.4 is 9.64 Å². The van der Waals surface area contributed by atoms with Crippen molar-refractivity contribution in [2.45, 2.75) is 19.8 Å². The van der Waals surface area contributed by atoms with Gasteiger partial charge >= 0.3 is 0 Å². The topological polar surface area (TPSA) is 32.8 Å². The van der Waals surface area contributed by atoms with Gasteiger partial charge in [-0.05, 0) is 18.6 Å². The summed E-state index contributed by atoms with van der Waals surface area (Å²) in [6.07, 6.45) is 1.65. The first-order valence-electron chi connectivity index (χ1n) is 7.36. The third-order valence-electron chi connectivity index (χ3n) is 3.73. The molecule has 0 unspecified atom stereocenters. The molecule has 0 bridgehead atoms. The Bertz CT molecular complexity index is 440. The number of anilines is 1. The summed E-state index contributed by atoms with van der Waals surface area (Å²) in [4.78, 5) is 16.3. The van der Waals surface area contributed by atoms with E-state index >= 15 is 0 Å². The van der Waals surface area contributed by atoms with Gasteiger partial charge in [-0.2, -0.15) is 0 Å². The van der Waals surface area contributed by atoms with Gasteiger partial charge in [-0.25, -0.2) is 0 Å². The van der Waals surface area contributed by atoms with Crippen molar-refractivity contribution in [2.24, 2.45) is 0 Å². The normalized spacial score (nSPS) is 16.2. The highest BCUT2D eigenvalue weighted by molar-refractivity contribution is 5.80. The molecule has 1 aliphatic heterocycles. The summed E-state index contributed by atoms with van der Waals surface area (Å²) in [6.45, 7) is 6.42. The van der Waals surface area contributed by atoms with Crippen LogP contribution in [0.4, 0.5) is 5.69 Å². The molecule has 4 heteroatoms. The summed E-state index contributed by atoms with van der Waals surface area (Å²) in [7, 11) is 1.71. The molecule has 1 aliphatic rings. The van der Waals surface area contributed by atoms with E-state index in [1.165, 1.54) is 0 Å². The van der Waals surface area contributed by atoms with Gasteiger partial charge in [0.1, 0.15) is 11.5 Å². The average Bonchev–Trinajstić information content (AvgIpc) is 2.48. The highest BCUT2D eigenvalue weighted by atomic mass is 16.5. The highest BCUT2D eigenvalue weighted by Gasteiger charge is 2.20. The first-order valence-corrected chi connectivity index (χ1v) is 7.36. The van der Waals surface area contributed by atoms with Gasteiger partial charge in [0.05, 0.1) is 19.3 Å². The zero-order valence-corrected chi connectivity index (χ0v) is 12.5. The second kappa shape index (κ2) is 7.29. The molecule has 0 spiro atoms. The van der Waals surface area contributed by atoms with Crippen LogP contribution in [-0.2, 0) is 4.79 Å². The SMILES string of the molecule is CCCC(=O)CN1CCN(c2ccccc2OC)CC1. The van der Waals surface area contributed by atoms with Gasteiger partial charge in [-0.1, -0.05) is 19.1 Å². The number of carbonyl (C=O) groups is 1. The molecule has 2 rings (SSSR count). The Labute approximate surface area is 121 Å². The molecule has 0 aromatic heterocycles. The smallest absolute Gasteiger partial charge is 0.146 e. The summed E-state index contributed by atoms with van der Waals surface area (Å²) in [6, 6.07) is 8.11. The highest BCUT2D eigenvalue weighted by Crippen LogP contribution is 2.28. The zero-order chi connectivity index (χ0) is 14.4. The van der Waals surface area contributed by atoms with Crippen LogP contribution in [0.25, 0.3) is 0 Å². The monoisotopic (exact) mass is 276 g/mol. The number of Topliss-reactive ketones (excluding diaryl/α,β-unsaturated/α-hetero) is 1. The Kier molecular flexibility index (Phi) is 5.41. The van der Waals surface area contributed by atoms with Crippen LogP contribution in [0.1, 0.15) is 19.8 Å². The predicted octanol–water partition coefficient (Wildman–Crippen LogP) is 2.19. The maximum atomic E-state index is 11.7. The first kappa shape index (κ1) is 14.9. The molecule has 4 nitrogen and oxygen atoms in total. The maximum absolute atomic E-state index is 11.7. The molecule has 0 atom stereocenters. The van der Waals surface area contributed by atoms with E-state index in [9.17, 15) is 4.79 Å². The van der Waals surface area contributed by atoms with Gasteiger partial charge in [0.25, 0.3) is 0 Å². The minimum absolute atomic E-state index is 0.359. The lowest BCUT2D eigenvalue weighted by Crippen LogP contribution is -2.48. The first-order chi connectivity index (χ1) is 9.74. The molecule has 20 heavy (non-hydrogen) atoms. The van der Waals surface area contributed by atoms with Gasteiger partial charge in [0.2, 0.25) is 0 Å². The van der Waals surface area contributed by atoms with Crippen LogP contribution in [0.15, 0.2) is 24.3 Å². The van der Waals surface area contributed by atoms with Crippen molar-refractivity contribution >= 4 is 11.5 Å². The van der Waals surface area contributed by atoms with E-state index in [0.717, 1.165) is 44.0 Å². The number of hydrogen-bond acceptors (Lipinski definition) is 4. The van der Waals surface area contributed by atoms with Crippen LogP contribution >= 0.6 is 0 Å². The summed E-state index contributed by atoms with van der Waals surface area (Å²) >= 11 is 0. The summed E-state index contributed by atoms with van der Waals surface area (Å²) < 4.78 is 5.41. The standard InChI is InChI=1S/C16H24N2O2/c1-3-6-14(19)13-17-9-11-18(12-10-17)15-7-4-5-8-16(15)20-2/h4-5,7-8H,3,6,9-13H2,1-2H3. The Balaban J connectivity index is 1.89. The number of benzene rings is 1. The molecule has 1 aromatic rings. The molecule has 1 aromatic carbocycles. The molecule has 0 aliphatic carbocycles. The van der Waals surface area contributed by atoms with E-state index in [1.54, 1.807) is 7.11 Å². The van der Waals surface area contributed by atoms with Crippen molar-refractivity contribution in [3.8, 4) is 5.75 Å². The lowest BCUT2D eigenvalue weighted by atomic mass is 10.2. The second-order valence-corrected chi connectivity index (χ2v) is 5.22. The molecule has 1 heterocycles. The number of piperazine rings is 1. The number of rotatable bonds is 6. The quantitative estimate of drug-likeness (QED) is 0.797. The number of para-hydroxylation sites is 2. The van der Waals surface area contributed by atoms with Crippen molar-refractivity contribution in [1.82, 2.24) is 4.90 Å². The van der Waals surface area contributed by atoms with Gasteiger partial charge in [0, 0.05) is 32.6 Å². The van der Waals surface area contributed by atoms with E-state index in [2.05, 4.69) is 22.8 Å². The minimum atomic E-state index is 0.359. The molecule has 0 N–H and O–H groups in total. The van der Waals surface area contributed by atoms with E-state index in [0.29, 0.717) is 18.7 Å². The molecule has 0 radical (unpaired) electrons. The fourth-order valence-electron chi connectivity index (χ4n) is 2.65. The molecule has 110 valence electrons. The zero-order valence-electron chi connectivity index (χ0n) is 12.5. The third-order valence-corrected chi connectivity index (χ3v) is 3.73. The third kappa shape index (κ3) is 3.73. The summed E-state index contributed by atoms with van der Waals surface area (Å²) in [5.74, 6) is 1.28. The Morgan fingerprint density at radius 1 is 1.20 bits per heavy atom. The molecular weight excluding hydrogens is 252 g/mol. The summed E-state index contributed by atoms with van der Waals surface area (Å²) in [5.41, 5.74) is 1.15. The van der Waals surface area contributed by atoms with E-state index < -0.39 is 0 Å². The van der Waals surface area contributed by atoms with E-state index in [4.69, 9.17) is 4.74 Å². The Morgan fingerprint density at radius 3 is 2.55 bits per heavy atom. The second-order valence-electron chi connectivity index (χ2n) is 5.22. The number of carbonyl (C=O) groups excluding carboxylic acids is 1. The average molecular weight is 276 g/mol. The number of methoxy groups -OCH3 is 1. The van der Waals surface area contributed by atoms with Gasteiger partial charge < -0.3 is 9.64 Å². The van der Waals surface area contributed by atoms with Gasteiger partial charge in [0.15, 0.2) is 0 Å². The van der Waals surface area contributed by atoms with Gasteiger partial charge in [-0.15, -0.1) is 0 Å². The van der Waals surface area contributed by atoms with Crippen molar-refractivity contribution < 1.29 is 9.53 Å². The largest absolute Gasteiger partial charge is 0.495 e. The van der Waals surface area contributed by atoms with Crippen LogP contribution in [-0.4, -0.2) is 50.5 Å². The molecular formula is C16H24N2O2. The van der Waals surface area contributed by atoms with Crippen LogP contribution in [0, 0.1) is 0 Å². The van der Waals surface area contributed by atoms with Gasteiger partial charge in [-0.3, -0.25) is 9.69 Å². The van der Waals surface area contributed by atoms with Crippen molar-refractivity contribution in [3.05, 3.63) is 24.3 Å². The Morgan fingerprint density at radius 2 is 1.90 bits per heavy atom. The van der Waals surface area contributed by atoms with Crippen molar-refractivity contribution in [3.63, 3.8) is 0 Å². The van der Waals surface area contributed by atoms with Crippen molar-refractivity contribution in [2.75, 3.05) is 44.7 Å². The molecule has 1 saturated heterocycles. The minimum Gasteiger partial charge on any atom is -0.495 e. The van der Waals surface area contributed by atoms with Crippen molar-refractivity contribution in [1.29, 1.82) is 0 Å².